The summed E-state index contributed by atoms with van der Waals surface area (Å²) in [6.07, 6.45) is 1.86. The highest BCUT2D eigenvalue weighted by atomic mass is 32.2. The Balaban J connectivity index is 1.64. The fourth-order valence-corrected chi connectivity index (χ4v) is 4.03. The Bertz CT molecular complexity index is 961. The van der Waals surface area contributed by atoms with Crippen molar-refractivity contribution in [2.24, 2.45) is 0 Å². The van der Waals surface area contributed by atoms with Crippen LogP contribution in [0.15, 0.2) is 65.6 Å². The predicted molar refractivity (Wildman–Crippen MR) is 116 cm³/mol. The van der Waals surface area contributed by atoms with Gasteiger partial charge in [0.1, 0.15) is 16.9 Å². The van der Waals surface area contributed by atoms with Gasteiger partial charge in [-0.15, -0.1) is 0 Å². The molecule has 0 aliphatic carbocycles. The van der Waals surface area contributed by atoms with Crippen molar-refractivity contribution in [2.75, 3.05) is 6.54 Å². The van der Waals surface area contributed by atoms with Gasteiger partial charge in [0.2, 0.25) is 5.91 Å². The molecule has 0 saturated carbocycles. The van der Waals surface area contributed by atoms with Crippen LogP contribution >= 0.6 is 24.0 Å². The number of thiocarbonyl (C=S) groups is 1. The van der Waals surface area contributed by atoms with Gasteiger partial charge in [0, 0.05) is 6.42 Å². The van der Waals surface area contributed by atoms with Crippen LogP contribution in [0.25, 0.3) is 6.08 Å². The highest BCUT2D eigenvalue weighted by molar-refractivity contribution is 8.26. The van der Waals surface area contributed by atoms with Crippen LogP contribution in [0.1, 0.15) is 11.1 Å². The second kappa shape index (κ2) is 9.49. The molecular formula is C21H18N2O4S2. The van der Waals surface area contributed by atoms with Crippen LogP contribution in [-0.4, -0.2) is 44.7 Å². The summed E-state index contributed by atoms with van der Waals surface area (Å²) >= 11 is 6.35. The van der Waals surface area contributed by atoms with Gasteiger partial charge in [-0.2, -0.15) is 0 Å². The molecule has 2 amide bonds. The molecule has 3 rings (SSSR count). The summed E-state index contributed by atoms with van der Waals surface area (Å²) < 4.78 is 0.266. The number of hydrogen-bond acceptors (Lipinski definition) is 5. The minimum Gasteiger partial charge on any atom is -0.480 e. The number of hydrogen-bond donors (Lipinski definition) is 2. The fourth-order valence-electron chi connectivity index (χ4n) is 2.77. The van der Waals surface area contributed by atoms with Crippen molar-refractivity contribution in [1.82, 2.24) is 10.2 Å². The second-order valence-electron chi connectivity index (χ2n) is 6.33. The molecule has 2 aromatic carbocycles. The number of carboxylic acids is 1. The molecule has 8 heteroatoms. The summed E-state index contributed by atoms with van der Waals surface area (Å²) in [5.41, 5.74) is 1.64. The molecule has 29 heavy (non-hydrogen) atoms. The van der Waals surface area contributed by atoms with Crippen molar-refractivity contribution < 1.29 is 19.5 Å². The van der Waals surface area contributed by atoms with E-state index in [2.05, 4.69) is 5.32 Å². The topological polar surface area (TPSA) is 86.7 Å². The van der Waals surface area contributed by atoms with Gasteiger partial charge in [0.25, 0.3) is 5.91 Å². The maximum Gasteiger partial charge on any atom is 0.326 e. The van der Waals surface area contributed by atoms with E-state index in [1.807, 2.05) is 36.4 Å². The molecule has 2 aromatic rings. The zero-order chi connectivity index (χ0) is 20.8. The molecule has 1 aliphatic rings. The Labute approximate surface area is 177 Å². The number of carbonyl (C=O) groups is 3. The van der Waals surface area contributed by atoms with Gasteiger partial charge in [-0.05, 0) is 17.2 Å². The zero-order valence-electron chi connectivity index (χ0n) is 15.3. The van der Waals surface area contributed by atoms with Crippen LogP contribution in [0.2, 0.25) is 0 Å². The van der Waals surface area contributed by atoms with Crippen molar-refractivity contribution >= 4 is 52.2 Å². The van der Waals surface area contributed by atoms with Gasteiger partial charge >= 0.3 is 5.97 Å². The van der Waals surface area contributed by atoms with Crippen LogP contribution in [0, 0.1) is 0 Å². The molecule has 0 radical (unpaired) electrons. The molecular weight excluding hydrogens is 408 g/mol. The normalized spacial score (nSPS) is 16.1. The lowest BCUT2D eigenvalue weighted by molar-refractivity contribution is -0.142. The smallest absolute Gasteiger partial charge is 0.326 e. The van der Waals surface area contributed by atoms with Crippen LogP contribution in [-0.2, 0) is 20.8 Å². The maximum atomic E-state index is 12.6. The minimum absolute atomic E-state index is 0.147. The highest BCUT2D eigenvalue weighted by Gasteiger charge is 2.34. The fraction of sp³-hybridized carbons (Fsp3) is 0.143. The van der Waals surface area contributed by atoms with E-state index >= 15 is 0 Å². The first-order valence-electron chi connectivity index (χ1n) is 8.80. The quantitative estimate of drug-likeness (QED) is 0.523. The number of carbonyl (C=O) groups excluding carboxylic acids is 2. The zero-order valence-corrected chi connectivity index (χ0v) is 16.9. The van der Waals surface area contributed by atoms with E-state index < -0.39 is 17.9 Å². The standard InChI is InChI=1S/C21H18N2O4S2/c24-18(22-16(20(26)27)11-14-7-3-1-4-8-14)13-23-19(25)17(29-21(23)28)12-15-9-5-2-6-10-15/h1-10,12,16H,11,13H2,(H,22,24)(H,26,27)/b17-12-/t16-/m1/s1. The molecule has 0 aromatic heterocycles. The molecule has 148 valence electrons. The third kappa shape index (κ3) is 5.52. The average molecular weight is 427 g/mol. The Hall–Kier alpha value is -2.97. The summed E-state index contributed by atoms with van der Waals surface area (Å²) in [5, 5.41) is 11.9. The van der Waals surface area contributed by atoms with E-state index in [1.165, 1.54) is 4.90 Å². The first-order chi connectivity index (χ1) is 13.9. The van der Waals surface area contributed by atoms with Gasteiger partial charge in [-0.3, -0.25) is 14.5 Å². The Morgan fingerprint density at radius 2 is 1.72 bits per heavy atom. The maximum absolute atomic E-state index is 12.6. The monoisotopic (exact) mass is 426 g/mol. The Morgan fingerprint density at radius 3 is 2.34 bits per heavy atom. The van der Waals surface area contributed by atoms with Crippen molar-refractivity contribution in [3.63, 3.8) is 0 Å². The van der Waals surface area contributed by atoms with E-state index in [4.69, 9.17) is 12.2 Å². The molecule has 1 fully saturated rings. The van der Waals surface area contributed by atoms with Crippen LogP contribution in [0.3, 0.4) is 0 Å². The molecule has 1 atom stereocenters. The van der Waals surface area contributed by atoms with Crippen molar-refractivity contribution in [2.45, 2.75) is 12.5 Å². The summed E-state index contributed by atoms with van der Waals surface area (Å²) in [7, 11) is 0. The summed E-state index contributed by atoms with van der Waals surface area (Å²) in [6.45, 7) is -0.324. The molecule has 0 bridgehead atoms. The summed E-state index contributed by atoms with van der Waals surface area (Å²) in [4.78, 5) is 38.2. The molecule has 2 N–H and O–H groups in total. The number of thioether (sulfide) groups is 1. The molecule has 1 aliphatic heterocycles. The van der Waals surface area contributed by atoms with E-state index in [1.54, 1.807) is 30.3 Å². The van der Waals surface area contributed by atoms with Gasteiger partial charge in [-0.1, -0.05) is 84.6 Å². The number of nitrogens with one attached hydrogen (secondary N) is 1. The average Bonchev–Trinajstić information content (AvgIpc) is 2.96. The number of carboxylic acid groups (broad SMARTS) is 1. The predicted octanol–water partition coefficient (Wildman–Crippen LogP) is 2.70. The SMILES string of the molecule is O=C(CN1C(=O)/C(=C/c2ccccc2)SC1=S)N[C@H](Cc1ccccc1)C(=O)O. The third-order valence-electron chi connectivity index (χ3n) is 4.19. The first-order valence-corrected chi connectivity index (χ1v) is 10.0. The van der Waals surface area contributed by atoms with Gasteiger partial charge in [0.15, 0.2) is 0 Å². The number of aliphatic carboxylic acids is 1. The molecule has 1 saturated heterocycles. The number of nitrogens with zero attached hydrogens (tertiary/aromatic N) is 1. The lowest BCUT2D eigenvalue weighted by atomic mass is 10.1. The lowest BCUT2D eigenvalue weighted by Crippen LogP contribution is -2.47. The van der Waals surface area contributed by atoms with Crippen LogP contribution < -0.4 is 5.32 Å². The van der Waals surface area contributed by atoms with E-state index in [0.29, 0.717) is 4.91 Å². The van der Waals surface area contributed by atoms with Gasteiger partial charge in [-0.25, -0.2) is 4.79 Å². The Morgan fingerprint density at radius 1 is 1.10 bits per heavy atom. The second-order valence-corrected chi connectivity index (χ2v) is 8.00. The lowest BCUT2D eigenvalue weighted by Gasteiger charge is -2.18. The van der Waals surface area contributed by atoms with Crippen LogP contribution in [0.5, 0.6) is 0 Å². The van der Waals surface area contributed by atoms with Gasteiger partial charge < -0.3 is 10.4 Å². The molecule has 6 nitrogen and oxygen atoms in total. The largest absolute Gasteiger partial charge is 0.480 e. The first kappa shape index (κ1) is 20.8. The number of amides is 2. The van der Waals surface area contributed by atoms with Crippen molar-refractivity contribution in [3.8, 4) is 0 Å². The highest BCUT2D eigenvalue weighted by Crippen LogP contribution is 2.32. The number of rotatable bonds is 7. The molecule has 1 heterocycles. The molecule has 0 spiro atoms. The Kier molecular flexibility index (Phi) is 6.79. The summed E-state index contributed by atoms with van der Waals surface area (Å²) in [6, 6.07) is 17.2. The van der Waals surface area contributed by atoms with E-state index in [-0.39, 0.29) is 23.2 Å². The third-order valence-corrected chi connectivity index (χ3v) is 5.57. The summed E-state index contributed by atoms with van der Waals surface area (Å²) in [5.74, 6) is -2.09. The molecule has 0 unspecified atom stereocenters. The van der Waals surface area contributed by atoms with Crippen molar-refractivity contribution in [1.29, 1.82) is 0 Å². The van der Waals surface area contributed by atoms with Gasteiger partial charge in [0.05, 0.1) is 4.91 Å². The minimum atomic E-state index is -1.14. The van der Waals surface area contributed by atoms with E-state index in [0.717, 1.165) is 22.9 Å². The number of benzene rings is 2. The van der Waals surface area contributed by atoms with Crippen molar-refractivity contribution in [3.05, 3.63) is 76.7 Å². The van der Waals surface area contributed by atoms with Crippen LogP contribution in [0.4, 0.5) is 0 Å². The van der Waals surface area contributed by atoms with E-state index in [9.17, 15) is 19.5 Å².